The van der Waals surface area contributed by atoms with E-state index in [-0.39, 0.29) is 22.1 Å². The zero-order chi connectivity index (χ0) is 15.1. The van der Waals surface area contributed by atoms with Crippen LogP contribution in [0.25, 0.3) is 0 Å². The van der Waals surface area contributed by atoms with Gasteiger partial charge in [-0.25, -0.2) is 8.42 Å². The van der Waals surface area contributed by atoms with Gasteiger partial charge in [0.15, 0.2) is 0 Å². The summed E-state index contributed by atoms with van der Waals surface area (Å²) >= 11 is 12.0. The molecule has 1 aromatic carbocycles. The van der Waals surface area contributed by atoms with E-state index in [0.29, 0.717) is 23.7 Å². The van der Waals surface area contributed by atoms with Crippen molar-refractivity contribution in [3.63, 3.8) is 0 Å². The van der Waals surface area contributed by atoms with Crippen LogP contribution in [-0.4, -0.2) is 38.0 Å². The number of ether oxygens (including phenoxy) is 1. The Morgan fingerprint density at radius 1 is 1.15 bits per heavy atom. The molecule has 0 aliphatic carbocycles. The predicted molar refractivity (Wildman–Crippen MR) is 80.0 cm³/mol. The normalized spacial score (nSPS) is 24.9. The number of aryl methyl sites for hydroxylation is 1. The highest BCUT2D eigenvalue weighted by Crippen LogP contribution is 2.31. The number of rotatable bonds is 2. The number of benzene rings is 1. The fourth-order valence-corrected chi connectivity index (χ4v) is 4.69. The number of hydrogen-bond donors (Lipinski definition) is 0. The lowest BCUT2D eigenvalue weighted by molar-refractivity contribution is -0.0440. The van der Waals surface area contributed by atoms with E-state index >= 15 is 0 Å². The second-order valence-electron chi connectivity index (χ2n) is 5.11. The molecular formula is C13H17Cl2NO3S. The number of nitrogens with zero attached hydrogens (tertiary/aromatic N) is 1. The van der Waals surface area contributed by atoms with Crippen LogP contribution in [-0.2, 0) is 14.8 Å². The standard InChI is InChI=1S/C13H17Cl2NO3S/c1-8-4-13(12(15)5-11(8)14)20(17,18)16-6-9(2)19-10(3)7-16/h4-5,9-10H,6-7H2,1-3H3. The molecule has 0 saturated carbocycles. The minimum absolute atomic E-state index is 0.0994. The van der Waals surface area contributed by atoms with Gasteiger partial charge in [0, 0.05) is 18.1 Å². The van der Waals surface area contributed by atoms with Crippen LogP contribution < -0.4 is 0 Å². The van der Waals surface area contributed by atoms with Crippen LogP contribution in [0.3, 0.4) is 0 Å². The minimum atomic E-state index is -3.64. The molecule has 7 heteroatoms. The molecule has 1 saturated heterocycles. The molecule has 112 valence electrons. The molecule has 1 heterocycles. The van der Waals surface area contributed by atoms with Crippen molar-refractivity contribution in [3.8, 4) is 0 Å². The quantitative estimate of drug-likeness (QED) is 0.832. The first-order valence-electron chi connectivity index (χ1n) is 6.33. The van der Waals surface area contributed by atoms with E-state index in [1.165, 1.54) is 16.4 Å². The Labute approximate surface area is 129 Å². The molecule has 0 radical (unpaired) electrons. The van der Waals surface area contributed by atoms with Crippen LogP contribution >= 0.6 is 23.2 Å². The van der Waals surface area contributed by atoms with Gasteiger partial charge in [0.05, 0.1) is 17.2 Å². The number of halogens is 2. The maximum Gasteiger partial charge on any atom is 0.244 e. The Morgan fingerprint density at radius 2 is 1.70 bits per heavy atom. The van der Waals surface area contributed by atoms with Gasteiger partial charge in [-0.1, -0.05) is 23.2 Å². The monoisotopic (exact) mass is 337 g/mol. The highest BCUT2D eigenvalue weighted by Gasteiger charge is 2.33. The van der Waals surface area contributed by atoms with Gasteiger partial charge in [0.1, 0.15) is 4.90 Å². The molecule has 0 aromatic heterocycles. The van der Waals surface area contributed by atoms with E-state index in [9.17, 15) is 8.42 Å². The van der Waals surface area contributed by atoms with Gasteiger partial charge in [0.25, 0.3) is 0 Å². The molecule has 1 fully saturated rings. The molecule has 0 bridgehead atoms. The van der Waals surface area contributed by atoms with E-state index in [2.05, 4.69) is 0 Å². The SMILES string of the molecule is Cc1cc(S(=O)(=O)N2CC(C)OC(C)C2)c(Cl)cc1Cl. The zero-order valence-corrected chi connectivity index (χ0v) is 13.9. The van der Waals surface area contributed by atoms with Crippen molar-refractivity contribution in [2.75, 3.05) is 13.1 Å². The number of sulfonamides is 1. The molecule has 1 aromatic rings. The molecule has 2 atom stereocenters. The molecule has 4 nitrogen and oxygen atoms in total. The lowest BCUT2D eigenvalue weighted by atomic mass is 10.2. The topological polar surface area (TPSA) is 46.6 Å². The van der Waals surface area contributed by atoms with Gasteiger partial charge < -0.3 is 4.74 Å². The van der Waals surface area contributed by atoms with Gasteiger partial charge in [-0.3, -0.25) is 0 Å². The number of morpholine rings is 1. The zero-order valence-electron chi connectivity index (χ0n) is 11.6. The first-order chi connectivity index (χ1) is 9.21. The third kappa shape index (κ3) is 3.12. The van der Waals surface area contributed by atoms with Crippen LogP contribution in [0.2, 0.25) is 10.0 Å². The Morgan fingerprint density at radius 3 is 2.25 bits per heavy atom. The van der Waals surface area contributed by atoms with E-state index < -0.39 is 10.0 Å². The fraction of sp³-hybridized carbons (Fsp3) is 0.538. The maximum absolute atomic E-state index is 12.7. The van der Waals surface area contributed by atoms with Gasteiger partial charge in [-0.05, 0) is 38.5 Å². The summed E-state index contributed by atoms with van der Waals surface area (Å²) in [6.07, 6.45) is -0.276. The van der Waals surface area contributed by atoms with Crippen LogP contribution in [0.4, 0.5) is 0 Å². The van der Waals surface area contributed by atoms with Crippen molar-refractivity contribution in [3.05, 3.63) is 27.7 Å². The number of hydrogen-bond acceptors (Lipinski definition) is 3. The summed E-state index contributed by atoms with van der Waals surface area (Å²) in [7, 11) is -3.64. The third-order valence-electron chi connectivity index (χ3n) is 3.22. The molecule has 0 N–H and O–H groups in total. The summed E-state index contributed by atoms with van der Waals surface area (Å²) in [6.45, 7) is 6.11. The predicted octanol–water partition coefficient (Wildman–Crippen LogP) is 3.10. The average molecular weight is 338 g/mol. The van der Waals surface area contributed by atoms with Gasteiger partial charge in [0.2, 0.25) is 10.0 Å². The van der Waals surface area contributed by atoms with E-state index in [4.69, 9.17) is 27.9 Å². The van der Waals surface area contributed by atoms with Crippen molar-refractivity contribution in [1.29, 1.82) is 0 Å². The molecule has 2 unspecified atom stereocenters. The van der Waals surface area contributed by atoms with E-state index in [1.807, 2.05) is 13.8 Å². The molecule has 0 amide bonds. The van der Waals surface area contributed by atoms with Crippen LogP contribution in [0.15, 0.2) is 17.0 Å². The average Bonchev–Trinajstić information content (AvgIpc) is 2.32. The fourth-order valence-electron chi connectivity index (χ4n) is 2.29. The molecule has 1 aliphatic heterocycles. The lowest BCUT2D eigenvalue weighted by Crippen LogP contribution is -2.48. The van der Waals surface area contributed by atoms with Crippen molar-refractivity contribution >= 4 is 33.2 Å². The largest absolute Gasteiger partial charge is 0.373 e. The first kappa shape index (κ1) is 16.0. The molecule has 0 spiro atoms. The molecule has 1 aliphatic rings. The smallest absolute Gasteiger partial charge is 0.244 e. The highest BCUT2D eigenvalue weighted by molar-refractivity contribution is 7.89. The summed E-state index contributed by atoms with van der Waals surface area (Å²) in [5, 5.41) is 0.602. The Kier molecular flexibility index (Phi) is 4.66. The van der Waals surface area contributed by atoms with Crippen LogP contribution in [0.1, 0.15) is 19.4 Å². The maximum atomic E-state index is 12.7. The van der Waals surface area contributed by atoms with Crippen molar-refractivity contribution in [1.82, 2.24) is 4.31 Å². The van der Waals surface area contributed by atoms with E-state index in [0.717, 1.165) is 0 Å². The van der Waals surface area contributed by atoms with Crippen LogP contribution in [0, 0.1) is 6.92 Å². The summed E-state index contributed by atoms with van der Waals surface area (Å²) in [5.74, 6) is 0. The molecule has 20 heavy (non-hydrogen) atoms. The van der Waals surface area contributed by atoms with Crippen LogP contribution in [0.5, 0.6) is 0 Å². The lowest BCUT2D eigenvalue weighted by Gasteiger charge is -2.34. The highest BCUT2D eigenvalue weighted by atomic mass is 35.5. The summed E-state index contributed by atoms with van der Waals surface area (Å²) in [4.78, 5) is 0.0994. The van der Waals surface area contributed by atoms with Gasteiger partial charge >= 0.3 is 0 Å². The Hall–Kier alpha value is -0.330. The van der Waals surface area contributed by atoms with Crippen molar-refractivity contribution in [2.45, 2.75) is 37.9 Å². The Balaban J connectivity index is 2.42. The molecule has 2 rings (SSSR count). The first-order valence-corrected chi connectivity index (χ1v) is 8.52. The van der Waals surface area contributed by atoms with Crippen molar-refractivity contribution in [2.24, 2.45) is 0 Å². The van der Waals surface area contributed by atoms with Gasteiger partial charge in [-0.2, -0.15) is 4.31 Å². The second kappa shape index (κ2) is 5.81. The summed E-state index contributed by atoms with van der Waals surface area (Å²) in [6, 6.07) is 2.99. The summed E-state index contributed by atoms with van der Waals surface area (Å²) in [5.41, 5.74) is 0.684. The van der Waals surface area contributed by atoms with Gasteiger partial charge in [-0.15, -0.1) is 0 Å². The molecular weight excluding hydrogens is 321 g/mol. The second-order valence-corrected chi connectivity index (χ2v) is 7.83. The Bertz CT molecular complexity index is 608. The summed E-state index contributed by atoms with van der Waals surface area (Å²) < 4.78 is 32.4. The minimum Gasteiger partial charge on any atom is -0.373 e. The van der Waals surface area contributed by atoms with Crippen molar-refractivity contribution < 1.29 is 13.2 Å². The van der Waals surface area contributed by atoms with E-state index in [1.54, 1.807) is 6.92 Å². The third-order valence-corrected chi connectivity index (χ3v) is 5.92.